The molecule has 2 aliphatic rings. The van der Waals surface area contributed by atoms with Crippen LogP contribution in [0.1, 0.15) is 29.8 Å². The minimum absolute atomic E-state index is 0.0550. The number of hydrogen-bond acceptors (Lipinski definition) is 5. The van der Waals surface area contributed by atoms with Gasteiger partial charge in [-0.3, -0.25) is 14.5 Å². The Morgan fingerprint density at radius 2 is 2.12 bits per heavy atom. The van der Waals surface area contributed by atoms with Gasteiger partial charge in [0, 0.05) is 23.3 Å². The molecular formula is C19H18ClN5O. The normalized spacial score (nSPS) is 24.7. The molecule has 3 aromatic rings. The third-order valence-corrected chi connectivity index (χ3v) is 5.33. The zero-order valence-electron chi connectivity index (χ0n) is 14.6. The van der Waals surface area contributed by atoms with E-state index in [2.05, 4.69) is 31.6 Å². The van der Waals surface area contributed by atoms with E-state index >= 15 is 0 Å². The highest BCUT2D eigenvalue weighted by atomic mass is 35.5. The van der Waals surface area contributed by atoms with Crippen LogP contribution >= 0.6 is 11.6 Å². The van der Waals surface area contributed by atoms with E-state index in [1.54, 1.807) is 6.20 Å². The maximum absolute atomic E-state index is 6.58. The molecule has 1 aromatic carbocycles. The van der Waals surface area contributed by atoms with Crippen molar-refractivity contribution in [2.75, 3.05) is 6.54 Å². The summed E-state index contributed by atoms with van der Waals surface area (Å²) >= 11 is 6.41. The summed E-state index contributed by atoms with van der Waals surface area (Å²) in [6, 6.07) is 11.8. The number of hydrogen-bond donors (Lipinski definition) is 0. The Hall–Kier alpha value is -2.28. The van der Waals surface area contributed by atoms with E-state index in [-0.39, 0.29) is 6.10 Å². The molecule has 0 spiro atoms. The fraction of sp³-hybridized carbons (Fsp3) is 0.316. The van der Waals surface area contributed by atoms with Crippen molar-refractivity contribution in [1.29, 1.82) is 0 Å². The van der Waals surface area contributed by atoms with Crippen molar-refractivity contribution < 1.29 is 4.74 Å². The van der Waals surface area contributed by atoms with E-state index in [0.717, 1.165) is 35.1 Å². The SMILES string of the molecule is Cc1nnc2n1-c1ccc(Cl)cc1C1(c3ccccn3)OC(C)CN1C2. The van der Waals surface area contributed by atoms with Gasteiger partial charge in [0.15, 0.2) is 11.5 Å². The fourth-order valence-electron chi connectivity index (χ4n) is 4.14. The van der Waals surface area contributed by atoms with Crippen LogP contribution in [0.5, 0.6) is 0 Å². The van der Waals surface area contributed by atoms with Gasteiger partial charge in [0.2, 0.25) is 0 Å². The number of aromatic nitrogens is 4. The van der Waals surface area contributed by atoms with E-state index < -0.39 is 5.72 Å². The highest BCUT2D eigenvalue weighted by Gasteiger charge is 2.52. The number of halogens is 1. The van der Waals surface area contributed by atoms with Crippen LogP contribution in [0.2, 0.25) is 5.02 Å². The van der Waals surface area contributed by atoms with Crippen LogP contribution in [0.15, 0.2) is 42.6 Å². The van der Waals surface area contributed by atoms with Crippen molar-refractivity contribution >= 4 is 11.6 Å². The van der Waals surface area contributed by atoms with Gasteiger partial charge in [-0.25, -0.2) is 0 Å². The van der Waals surface area contributed by atoms with Crippen LogP contribution in [-0.2, 0) is 17.0 Å². The molecule has 2 atom stereocenters. The van der Waals surface area contributed by atoms with Gasteiger partial charge in [0.25, 0.3) is 0 Å². The van der Waals surface area contributed by atoms with E-state index in [4.69, 9.17) is 16.3 Å². The van der Waals surface area contributed by atoms with E-state index in [1.165, 1.54) is 0 Å². The second-order valence-corrected chi connectivity index (χ2v) is 7.26. The average molecular weight is 368 g/mol. The Bertz CT molecular complexity index is 989. The summed E-state index contributed by atoms with van der Waals surface area (Å²) in [5.41, 5.74) is 2.00. The minimum atomic E-state index is -0.798. The molecule has 2 aromatic heterocycles. The molecule has 1 fully saturated rings. The number of benzene rings is 1. The number of rotatable bonds is 1. The van der Waals surface area contributed by atoms with Crippen LogP contribution in [0.3, 0.4) is 0 Å². The van der Waals surface area contributed by atoms with Crippen molar-refractivity contribution in [3.63, 3.8) is 0 Å². The summed E-state index contributed by atoms with van der Waals surface area (Å²) in [5, 5.41) is 9.36. The van der Waals surface area contributed by atoms with Gasteiger partial charge in [-0.1, -0.05) is 17.7 Å². The quantitative estimate of drug-likeness (QED) is 0.661. The Balaban J connectivity index is 1.88. The van der Waals surface area contributed by atoms with Crippen LogP contribution in [-0.4, -0.2) is 37.3 Å². The smallest absolute Gasteiger partial charge is 0.193 e. The van der Waals surface area contributed by atoms with Crippen LogP contribution in [0.25, 0.3) is 5.69 Å². The van der Waals surface area contributed by atoms with Gasteiger partial charge >= 0.3 is 0 Å². The number of fused-ring (bicyclic) bond motifs is 5. The fourth-order valence-corrected chi connectivity index (χ4v) is 4.31. The first-order valence-electron chi connectivity index (χ1n) is 8.65. The van der Waals surface area contributed by atoms with Gasteiger partial charge in [-0.05, 0) is 44.2 Å². The molecule has 0 N–H and O–H groups in total. The Morgan fingerprint density at radius 3 is 2.92 bits per heavy atom. The van der Waals surface area contributed by atoms with Crippen LogP contribution in [0.4, 0.5) is 0 Å². The lowest BCUT2D eigenvalue weighted by Gasteiger charge is -2.36. The van der Waals surface area contributed by atoms with E-state index in [1.807, 2.05) is 43.3 Å². The first kappa shape index (κ1) is 15.9. The van der Waals surface area contributed by atoms with Crippen molar-refractivity contribution in [3.05, 3.63) is 70.5 Å². The topological polar surface area (TPSA) is 56.1 Å². The van der Waals surface area contributed by atoms with Gasteiger partial charge in [-0.2, -0.15) is 0 Å². The molecule has 5 rings (SSSR count). The molecule has 2 unspecified atom stereocenters. The highest BCUT2D eigenvalue weighted by molar-refractivity contribution is 6.30. The zero-order chi connectivity index (χ0) is 17.9. The summed E-state index contributed by atoms with van der Waals surface area (Å²) in [5.74, 6) is 1.73. The lowest BCUT2D eigenvalue weighted by molar-refractivity contribution is -0.0790. The lowest BCUT2D eigenvalue weighted by atomic mass is 9.95. The number of ether oxygens (including phenoxy) is 1. The molecule has 0 saturated carbocycles. The van der Waals surface area contributed by atoms with Crippen molar-refractivity contribution in [2.24, 2.45) is 0 Å². The molecule has 0 radical (unpaired) electrons. The maximum Gasteiger partial charge on any atom is 0.193 e. The predicted octanol–water partition coefficient (Wildman–Crippen LogP) is 3.06. The summed E-state index contributed by atoms with van der Waals surface area (Å²) in [6.45, 7) is 5.43. The van der Waals surface area contributed by atoms with Gasteiger partial charge in [0.1, 0.15) is 5.82 Å². The molecular weight excluding hydrogens is 350 g/mol. The second kappa shape index (κ2) is 5.61. The minimum Gasteiger partial charge on any atom is -0.346 e. The van der Waals surface area contributed by atoms with Crippen molar-refractivity contribution in [1.82, 2.24) is 24.6 Å². The molecule has 2 aliphatic heterocycles. The van der Waals surface area contributed by atoms with Crippen LogP contribution in [0, 0.1) is 6.92 Å². The maximum atomic E-state index is 6.58. The summed E-state index contributed by atoms with van der Waals surface area (Å²) in [4.78, 5) is 6.93. The summed E-state index contributed by atoms with van der Waals surface area (Å²) in [7, 11) is 0. The van der Waals surface area contributed by atoms with Crippen LogP contribution < -0.4 is 0 Å². The summed E-state index contributed by atoms with van der Waals surface area (Å²) in [6.07, 6.45) is 1.86. The molecule has 0 bridgehead atoms. The first-order valence-corrected chi connectivity index (χ1v) is 9.03. The molecule has 132 valence electrons. The van der Waals surface area contributed by atoms with Gasteiger partial charge in [0.05, 0.1) is 24.0 Å². The largest absolute Gasteiger partial charge is 0.346 e. The van der Waals surface area contributed by atoms with E-state index in [9.17, 15) is 0 Å². The predicted molar refractivity (Wildman–Crippen MR) is 97.1 cm³/mol. The third kappa shape index (κ3) is 2.09. The molecule has 0 amide bonds. The third-order valence-electron chi connectivity index (χ3n) is 5.10. The molecule has 4 heterocycles. The molecule has 0 aliphatic carbocycles. The molecule has 26 heavy (non-hydrogen) atoms. The molecule has 1 saturated heterocycles. The van der Waals surface area contributed by atoms with Gasteiger partial charge < -0.3 is 4.74 Å². The van der Waals surface area contributed by atoms with Crippen molar-refractivity contribution in [3.8, 4) is 5.69 Å². The Morgan fingerprint density at radius 1 is 1.23 bits per heavy atom. The number of aryl methyl sites for hydroxylation is 1. The Kier molecular flexibility index (Phi) is 3.44. The molecule has 7 heteroatoms. The van der Waals surface area contributed by atoms with E-state index in [0.29, 0.717) is 11.6 Å². The second-order valence-electron chi connectivity index (χ2n) is 6.83. The average Bonchev–Trinajstić information content (AvgIpc) is 3.13. The molecule has 6 nitrogen and oxygen atoms in total. The highest BCUT2D eigenvalue weighted by Crippen LogP contribution is 2.47. The van der Waals surface area contributed by atoms with Gasteiger partial charge in [-0.15, -0.1) is 10.2 Å². The monoisotopic (exact) mass is 367 g/mol. The first-order chi connectivity index (χ1) is 12.6. The van der Waals surface area contributed by atoms with Crippen molar-refractivity contribution in [2.45, 2.75) is 32.2 Å². The zero-order valence-corrected chi connectivity index (χ0v) is 15.3. The summed E-state index contributed by atoms with van der Waals surface area (Å²) < 4.78 is 8.67. The number of nitrogens with zero attached hydrogens (tertiary/aromatic N) is 5. The lowest BCUT2D eigenvalue weighted by Crippen LogP contribution is -2.43. The standard InChI is InChI=1S/C19H18ClN5O/c1-12-10-24-11-18-23-22-13(2)25(18)16-7-6-14(20)9-15(16)19(24,26-12)17-5-3-4-8-21-17/h3-9,12H,10-11H2,1-2H3. The number of pyridine rings is 1. The Labute approximate surface area is 156 Å².